The number of rotatable bonds is 51. The highest BCUT2D eigenvalue weighted by Gasteiger charge is 2.19. The first-order chi connectivity index (χ1) is 37.0. The van der Waals surface area contributed by atoms with Gasteiger partial charge in [0.1, 0.15) is 13.2 Å². The van der Waals surface area contributed by atoms with Crippen LogP contribution in [-0.4, -0.2) is 37.2 Å². The van der Waals surface area contributed by atoms with E-state index >= 15 is 0 Å². The summed E-state index contributed by atoms with van der Waals surface area (Å²) in [4.78, 5) is 38.1. The highest BCUT2D eigenvalue weighted by Crippen LogP contribution is 2.14. The van der Waals surface area contributed by atoms with Crippen molar-refractivity contribution >= 4 is 17.9 Å². The first-order valence-electron chi connectivity index (χ1n) is 29.6. The summed E-state index contributed by atoms with van der Waals surface area (Å²) >= 11 is 0. The number of allylic oxidation sites excluding steroid dienone is 27. The van der Waals surface area contributed by atoms with Gasteiger partial charge in [-0.3, -0.25) is 14.4 Å². The molecule has 0 aliphatic heterocycles. The van der Waals surface area contributed by atoms with Crippen LogP contribution in [0, 0.1) is 0 Å². The van der Waals surface area contributed by atoms with Crippen LogP contribution in [0.25, 0.3) is 0 Å². The Labute approximate surface area is 460 Å². The molecule has 0 spiro atoms. The molecule has 0 rings (SSSR count). The maximum absolute atomic E-state index is 12.8. The fourth-order valence-electron chi connectivity index (χ4n) is 7.42. The molecule has 0 aromatic rings. The van der Waals surface area contributed by atoms with E-state index < -0.39 is 12.1 Å². The Balaban J connectivity index is 4.45. The monoisotopic (exact) mass is 1030 g/mol. The molecule has 0 aromatic carbocycles. The normalized spacial score (nSPS) is 13.4. The van der Waals surface area contributed by atoms with Crippen LogP contribution >= 0.6 is 0 Å². The Kier molecular flexibility index (Phi) is 57.0. The molecule has 6 nitrogen and oxygen atoms in total. The smallest absolute Gasteiger partial charge is 0.310 e. The molecule has 0 aliphatic rings. The minimum atomic E-state index is -0.860. The first kappa shape index (κ1) is 69.8. The molecular formula is C69H106O6. The fraction of sp³-hybridized carbons (Fsp3) is 0.551. The average Bonchev–Trinajstić information content (AvgIpc) is 3.41. The SMILES string of the molecule is CC/C=C\C/C=C\C/C=C\C/C=C\C/C=C\CCCCCCCCCCCCCC(=O)OCC(COC(=O)CCCC/C=C\C/C=C\C/C=C\C/C=C\CC)OC(=O)C/C=C\C/C=C\C/C=C\C/C=C\C/C=C\CC. The largest absolute Gasteiger partial charge is 0.462 e. The maximum Gasteiger partial charge on any atom is 0.310 e. The summed E-state index contributed by atoms with van der Waals surface area (Å²) in [6, 6.07) is 0. The van der Waals surface area contributed by atoms with Crippen molar-refractivity contribution in [3.63, 3.8) is 0 Å². The van der Waals surface area contributed by atoms with Crippen LogP contribution in [0.1, 0.15) is 226 Å². The van der Waals surface area contributed by atoms with E-state index in [1.54, 1.807) is 6.08 Å². The summed E-state index contributed by atoms with van der Waals surface area (Å²) in [7, 11) is 0. The summed E-state index contributed by atoms with van der Waals surface area (Å²) in [6.45, 7) is 6.16. The van der Waals surface area contributed by atoms with Crippen molar-refractivity contribution in [2.75, 3.05) is 13.2 Å². The van der Waals surface area contributed by atoms with Crippen LogP contribution in [0.15, 0.2) is 170 Å². The van der Waals surface area contributed by atoms with E-state index in [1.165, 1.54) is 57.8 Å². The maximum atomic E-state index is 12.8. The lowest BCUT2D eigenvalue weighted by Crippen LogP contribution is -2.30. The van der Waals surface area contributed by atoms with Gasteiger partial charge >= 0.3 is 17.9 Å². The molecule has 6 heteroatoms. The van der Waals surface area contributed by atoms with Crippen LogP contribution in [0.5, 0.6) is 0 Å². The fourth-order valence-corrected chi connectivity index (χ4v) is 7.42. The third-order valence-corrected chi connectivity index (χ3v) is 11.7. The number of ether oxygens (including phenoxy) is 3. The zero-order valence-electron chi connectivity index (χ0n) is 47.7. The van der Waals surface area contributed by atoms with Gasteiger partial charge in [0.05, 0.1) is 6.42 Å². The van der Waals surface area contributed by atoms with Gasteiger partial charge in [0.2, 0.25) is 0 Å². The topological polar surface area (TPSA) is 78.9 Å². The molecule has 0 N–H and O–H groups in total. The minimum absolute atomic E-state index is 0.0790. The van der Waals surface area contributed by atoms with Gasteiger partial charge < -0.3 is 14.2 Å². The van der Waals surface area contributed by atoms with E-state index in [0.29, 0.717) is 19.3 Å². The summed E-state index contributed by atoms with van der Waals surface area (Å²) in [5, 5.41) is 0. The van der Waals surface area contributed by atoms with Crippen LogP contribution in [0.4, 0.5) is 0 Å². The van der Waals surface area contributed by atoms with Crippen molar-refractivity contribution in [3.05, 3.63) is 170 Å². The van der Waals surface area contributed by atoms with Gasteiger partial charge in [0.25, 0.3) is 0 Å². The highest BCUT2D eigenvalue weighted by molar-refractivity contribution is 5.72. The van der Waals surface area contributed by atoms with Gasteiger partial charge in [-0.2, -0.15) is 0 Å². The van der Waals surface area contributed by atoms with Gasteiger partial charge in [-0.25, -0.2) is 0 Å². The molecule has 75 heavy (non-hydrogen) atoms. The van der Waals surface area contributed by atoms with Crippen molar-refractivity contribution in [2.45, 2.75) is 232 Å². The lowest BCUT2D eigenvalue weighted by atomic mass is 10.0. The first-order valence-corrected chi connectivity index (χ1v) is 29.6. The second kappa shape index (κ2) is 61.3. The number of esters is 3. The number of hydrogen-bond acceptors (Lipinski definition) is 6. The highest BCUT2D eigenvalue weighted by atomic mass is 16.6. The molecule has 0 radical (unpaired) electrons. The lowest BCUT2D eigenvalue weighted by Gasteiger charge is -2.18. The summed E-state index contributed by atoms with van der Waals surface area (Å²) in [5.74, 6) is -1.13. The Hall–Kier alpha value is -5.23. The minimum Gasteiger partial charge on any atom is -0.462 e. The third kappa shape index (κ3) is 59.5. The van der Waals surface area contributed by atoms with Crippen LogP contribution in [0.2, 0.25) is 0 Å². The van der Waals surface area contributed by atoms with Crippen LogP contribution in [-0.2, 0) is 28.6 Å². The summed E-state index contributed by atoms with van der Waals surface area (Å²) in [5.41, 5.74) is 0. The van der Waals surface area contributed by atoms with E-state index in [0.717, 1.165) is 116 Å². The molecule has 1 atom stereocenters. The van der Waals surface area contributed by atoms with Gasteiger partial charge in [-0.05, 0) is 128 Å². The molecular weight excluding hydrogens is 925 g/mol. The number of carbonyl (C=O) groups is 3. The predicted octanol–water partition coefficient (Wildman–Crippen LogP) is 20.3. The predicted molar refractivity (Wildman–Crippen MR) is 325 cm³/mol. The Bertz CT molecular complexity index is 1750. The van der Waals surface area contributed by atoms with E-state index in [2.05, 4.69) is 179 Å². The molecule has 0 saturated heterocycles. The number of carbonyl (C=O) groups excluding carboxylic acids is 3. The lowest BCUT2D eigenvalue weighted by molar-refractivity contribution is -0.166. The molecule has 0 saturated carbocycles. The summed E-state index contributed by atoms with van der Waals surface area (Å²) < 4.78 is 16.7. The zero-order valence-corrected chi connectivity index (χ0v) is 47.7. The molecule has 0 amide bonds. The van der Waals surface area contributed by atoms with Crippen molar-refractivity contribution in [1.29, 1.82) is 0 Å². The molecule has 0 aliphatic carbocycles. The van der Waals surface area contributed by atoms with Crippen molar-refractivity contribution in [3.8, 4) is 0 Å². The molecule has 0 aromatic heterocycles. The Morgan fingerprint density at radius 3 is 0.840 bits per heavy atom. The number of hydrogen-bond donors (Lipinski definition) is 0. The second-order valence-electron chi connectivity index (χ2n) is 18.8. The van der Waals surface area contributed by atoms with E-state index in [1.807, 2.05) is 6.08 Å². The molecule has 0 bridgehead atoms. The van der Waals surface area contributed by atoms with Crippen molar-refractivity contribution in [2.24, 2.45) is 0 Å². The average molecular weight is 1030 g/mol. The van der Waals surface area contributed by atoms with Gasteiger partial charge in [0.15, 0.2) is 6.10 Å². The van der Waals surface area contributed by atoms with E-state index in [-0.39, 0.29) is 38.0 Å². The van der Waals surface area contributed by atoms with E-state index in [9.17, 15) is 14.4 Å². The number of unbranched alkanes of at least 4 members (excludes halogenated alkanes) is 13. The molecule has 0 heterocycles. The quantitative estimate of drug-likeness (QED) is 0.0261. The Morgan fingerprint density at radius 1 is 0.280 bits per heavy atom. The second-order valence-corrected chi connectivity index (χ2v) is 18.8. The van der Waals surface area contributed by atoms with E-state index in [4.69, 9.17) is 14.2 Å². The third-order valence-electron chi connectivity index (χ3n) is 11.7. The van der Waals surface area contributed by atoms with Crippen molar-refractivity contribution < 1.29 is 28.6 Å². The van der Waals surface area contributed by atoms with Crippen molar-refractivity contribution in [1.82, 2.24) is 0 Å². The van der Waals surface area contributed by atoms with Gasteiger partial charge in [0, 0.05) is 12.8 Å². The zero-order chi connectivity index (χ0) is 54.3. The molecule has 0 fully saturated rings. The van der Waals surface area contributed by atoms with Crippen LogP contribution < -0.4 is 0 Å². The molecule has 1 unspecified atom stereocenters. The molecule has 418 valence electrons. The standard InChI is InChI=1S/C69H106O6/c1-4-7-10-13-16-19-22-25-28-29-30-31-32-33-34-35-36-37-38-39-42-44-47-50-53-56-59-62-68(71)74-65-66(75-69(72)63-60-57-54-51-48-45-41-27-24-21-18-15-12-9-6-3)64-73-67(70)61-58-55-52-49-46-43-40-26-23-20-17-14-11-8-5-2/h7-12,16-21,25-28,30-31,33-34,40-41,46,48-49,51,57,60,66H,4-6,13-15,22-24,29,32,35-39,42-45,47,50,52-56,58-59,61-65H2,1-3H3/b10-7-,11-8-,12-9-,19-16-,20-17-,21-18-,28-25-,31-30-,34-33-,40-26-,41-27-,49-46-,51-48-,60-57-. The van der Waals surface area contributed by atoms with Crippen LogP contribution in [0.3, 0.4) is 0 Å². The van der Waals surface area contributed by atoms with Gasteiger partial charge in [-0.1, -0.05) is 249 Å². The summed E-state index contributed by atoms with van der Waals surface area (Å²) in [6.07, 6.45) is 91.0. The van der Waals surface area contributed by atoms with Gasteiger partial charge in [-0.15, -0.1) is 0 Å². The Morgan fingerprint density at radius 2 is 0.520 bits per heavy atom.